The number of carbonyl (C=O) groups excluding carboxylic acids is 3. The minimum atomic E-state index is -4.10. The predicted molar refractivity (Wildman–Crippen MR) is 198 cm³/mol. The number of carbonyl (C=O) groups is 3. The third-order valence-electron chi connectivity index (χ3n) is 8.46. The topological polar surface area (TPSA) is 176 Å². The van der Waals surface area contributed by atoms with Crippen LogP contribution >= 0.6 is 11.3 Å². The molecule has 0 aliphatic carbocycles. The quantitative estimate of drug-likeness (QED) is 0.0762. The van der Waals surface area contributed by atoms with E-state index in [1.807, 2.05) is 68.6 Å². The fourth-order valence-electron chi connectivity index (χ4n) is 6.04. The Morgan fingerprint density at radius 1 is 1.06 bits per heavy atom. The fraction of sp³-hybridized carbons (Fsp3) is 0.472. The van der Waals surface area contributed by atoms with Gasteiger partial charge in [-0.1, -0.05) is 75.3 Å². The Hall–Kier alpha value is -4.22. The highest BCUT2D eigenvalue weighted by Crippen LogP contribution is 2.24. The summed E-state index contributed by atoms with van der Waals surface area (Å²) in [5, 5.41) is 29.2. The molecule has 2 aromatic carbocycles. The van der Waals surface area contributed by atoms with Gasteiger partial charge in [0.15, 0.2) is 0 Å². The number of sulfonamides is 1. The molecule has 282 valence electrons. The summed E-state index contributed by atoms with van der Waals surface area (Å²) in [4.78, 5) is 49.9. The first-order chi connectivity index (χ1) is 24.6. The number of urea groups is 1. The molecule has 52 heavy (non-hydrogen) atoms. The van der Waals surface area contributed by atoms with Crippen LogP contribution in [0.5, 0.6) is 0 Å². The molecule has 4 rings (SSSR count). The maximum atomic E-state index is 14.1. The second kappa shape index (κ2) is 18.0. The number of hydrogen-bond acceptors (Lipinski definition) is 11. The molecule has 0 spiro atoms. The zero-order valence-electron chi connectivity index (χ0n) is 30.4. The fourth-order valence-corrected chi connectivity index (χ4v) is 8.56. The van der Waals surface area contributed by atoms with Gasteiger partial charge in [-0.3, -0.25) is 14.5 Å². The molecule has 0 saturated carbocycles. The Morgan fingerprint density at radius 2 is 1.73 bits per heavy atom. The van der Waals surface area contributed by atoms with Gasteiger partial charge in [-0.05, 0) is 55.6 Å². The molecule has 1 saturated heterocycles. The Morgan fingerprint density at radius 3 is 2.33 bits per heavy atom. The van der Waals surface area contributed by atoms with Crippen molar-refractivity contribution in [3.63, 3.8) is 0 Å². The summed E-state index contributed by atoms with van der Waals surface area (Å²) >= 11 is 1.44. The summed E-state index contributed by atoms with van der Waals surface area (Å²) in [5.41, 5.74) is 1.88. The largest absolute Gasteiger partial charge is 0.411 e. The van der Waals surface area contributed by atoms with Gasteiger partial charge in [0.25, 0.3) is 5.91 Å². The summed E-state index contributed by atoms with van der Waals surface area (Å²) in [6, 6.07) is 12.4. The Balaban J connectivity index is 1.57. The monoisotopic (exact) mass is 755 g/mol. The highest BCUT2D eigenvalue weighted by Gasteiger charge is 2.44. The van der Waals surface area contributed by atoms with Crippen LogP contribution in [0.1, 0.15) is 49.5 Å². The van der Waals surface area contributed by atoms with Gasteiger partial charge < -0.3 is 25.4 Å². The van der Waals surface area contributed by atoms with Crippen molar-refractivity contribution in [1.82, 2.24) is 29.3 Å². The lowest BCUT2D eigenvalue weighted by Crippen LogP contribution is -2.57. The Bertz CT molecular complexity index is 1800. The van der Waals surface area contributed by atoms with Crippen LogP contribution in [0.15, 0.2) is 70.0 Å². The van der Waals surface area contributed by atoms with Crippen LogP contribution in [0.2, 0.25) is 0 Å². The van der Waals surface area contributed by atoms with Crippen LogP contribution < -0.4 is 5.32 Å². The predicted octanol–water partition coefficient (Wildman–Crippen LogP) is 3.24. The van der Waals surface area contributed by atoms with Crippen molar-refractivity contribution >= 4 is 45.4 Å². The number of hydrogen-bond donors (Lipinski definition) is 3. The third-order valence-corrected chi connectivity index (χ3v) is 11.2. The molecule has 0 bridgehead atoms. The molecule has 0 radical (unpaired) electrons. The molecule has 3 N–H and O–H groups in total. The summed E-state index contributed by atoms with van der Waals surface area (Å²) in [6.07, 6.45) is -0.0134. The first-order valence-corrected chi connectivity index (χ1v) is 19.4. The molecular weight excluding hydrogens is 707 g/mol. The summed E-state index contributed by atoms with van der Waals surface area (Å²) in [6.45, 7) is 7.35. The van der Waals surface area contributed by atoms with E-state index in [0.717, 1.165) is 15.5 Å². The van der Waals surface area contributed by atoms with E-state index in [9.17, 15) is 27.9 Å². The van der Waals surface area contributed by atoms with Crippen molar-refractivity contribution in [3.8, 4) is 0 Å². The molecular formula is C36H49N7O7S2. The van der Waals surface area contributed by atoms with E-state index in [0.29, 0.717) is 17.8 Å². The molecule has 1 aromatic heterocycles. The average molecular weight is 756 g/mol. The Labute approximate surface area is 309 Å². The summed E-state index contributed by atoms with van der Waals surface area (Å²) < 4.78 is 29.0. The van der Waals surface area contributed by atoms with Crippen molar-refractivity contribution in [1.29, 1.82) is 0 Å². The zero-order valence-corrected chi connectivity index (χ0v) is 32.0. The number of rotatable bonds is 18. The first kappa shape index (κ1) is 40.5. The molecule has 3 atom stereocenters. The van der Waals surface area contributed by atoms with E-state index in [1.165, 1.54) is 51.0 Å². The molecule has 4 amide bonds. The standard InChI is InChI=1S/C36H49N7O7S2/c1-24(2)18-41(52(49,50)29-14-12-27(13-15-29)17-37-48)20-31(44)30(16-26-10-8-7-9-11-26)39-35(46)34(25(3)4)43-22-33(45)42(36(43)47)19-28-23-51-32(38-28)21-40(5)6/h7-15,17,23-25,30-31,34,44,48H,16,18-22H2,1-6H3,(H,39,46)/t30-,31+,34-/m0/s1. The molecule has 1 aliphatic heterocycles. The van der Waals surface area contributed by atoms with E-state index >= 15 is 0 Å². The van der Waals surface area contributed by atoms with Gasteiger partial charge >= 0.3 is 6.03 Å². The smallest absolute Gasteiger partial charge is 0.328 e. The van der Waals surface area contributed by atoms with Crippen LogP contribution in [-0.2, 0) is 39.1 Å². The molecule has 2 heterocycles. The molecule has 14 nitrogen and oxygen atoms in total. The normalized spacial score (nSPS) is 15.8. The third kappa shape index (κ3) is 10.4. The highest BCUT2D eigenvalue weighted by molar-refractivity contribution is 7.89. The lowest BCUT2D eigenvalue weighted by molar-refractivity contribution is -0.129. The number of aliphatic hydroxyl groups is 1. The summed E-state index contributed by atoms with van der Waals surface area (Å²) in [7, 11) is -0.251. The lowest BCUT2D eigenvalue weighted by Gasteiger charge is -2.34. The molecule has 16 heteroatoms. The van der Waals surface area contributed by atoms with Gasteiger partial charge in [-0.25, -0.2) is 18.2 Å². The number of oxime groups is 1. The maximum Gasteiger partial charge on any atom is 0.328 e. The first-order valence-electron chi connectivity index (χ1n) is 17.1. The number of aliphatic hydroxyl groups excluding tert-OH is 1. The number of nitrogens with one attached hydrogen (secondary N) is 1. The number of thiazole rings is 1. The molecule has 1 fully saturated rings. The summed E-state index contributed by atoms with van der Waals surface area (Å²) in [5.74, 6) is -1.52. The minimum absolute atomic E-state index is 0.00713. The van der Waals surface area contributed by atoms with Crippen LogP contribution in [0.4, 0.5) is 4.79 Å². The number of benzene rings is 2. The second-order valence-electron chi connectivity index (χ2n) is 14.0. The molecule has 1 aliphatic rings. The van der Waals surface area contributed by atoms with Gasteiger partial charge in [-0.15, -0.1) is 11.3 Å². The van der Waals surface area contributed by atoms with Crippen molar-refractivity contribution in [3.05, 3.63) is 81.8 Å². The van der Waals surface area contributed by atoms with E-state index in [-0.39, 0.29) is 43.4 Å². The number of imide groups is 1. The minimum Gasteiger partial charge on any atom is -0.411 e. The van der Waals surface area contributed by atoms with E-state index in [1.54, 1.807) is 13.8 Å². The van der Waals surface area contributed by atoms with Crippen LogP contribution in [0.3, 0.4) is 0 Å². The Kier molecular flexibility index (Phi) is 14.0. The number of aromatic nitrogens is 1. The van der Waals surface area contributed by atoms with Crippen LogP contribution in [0, 0.1) is 11.8 Å². The van der Waals surface area contributed by atoms with E-state index in [4.69, 9.17) is 5.21 Å². The van der Waals surface area contributed by atoms with E-state index in [2.05, 4.69) is 15.5 Å². The van der Waals surface area contributed by atoms with Gasteiger partial charge in [0, 0.05) is 25.0 Å². The van der Waals surface area contributed by atoms with Gasteiger partial charge in [0.1, 0.15) is 17.6 Å². The van der Waals surface area contributed by atoms with Crippen molar-refractivity contribution in [2.24, 2.45) is 17.0 Å². The average Bonchev–Trinajstić information content (AvgIpc) is 3.63. The van der Waals surface area contributed by atoms with Crippen LogP contribution in [0.25, 0.3) is 0 Å². The van der Waals surface area contributed by atoms with E-state index < -0.39 is 52.0 Å². The van der Waals surface area contributed by atoms with Gasteiger partial charge in [0.05, 0.1) is 35.5 Å². The highest BCUT2D eigenvalue weighted by atomic mass is 32.2. The maximum absolute atomic E-state index is 14.1. The second-order valence-corrected chi connectivity index (χ2v) is 16.8. The zero-order chi connectivity index (χ0) is 38.2. The van der Waals surface area contributed by atoms with Gasteiger partial charge in [-0.2, -0.15) is 4.31 Å². The lowest BCUT2D eigenvalue weighted by atomic mass is 9.97. The number of nitrogens with zero attached hydrogens (tertiary/aromatic N) is 6. The van der Waals surface area contributed by atoms with Crippen LogP contribution in [-0.4, -0.2) is 119 Å². The van der Waals surface area contributed by atoms with Crippen molar-refractivity contribution < 1.29 is 33.1 Å². The molecule has 0 unspecified atom stereocenters. The van der Waals surface area contributed by atoms with Crippen molar-refractivity contribution in [2.45, 2.75) is 70.3 Å². The molecule has 3 aromatic rings. The van der Waals surface area contributed by atoms with Crippen molar-refractivity contribution in [2.75, 3.05) is 33.7 Å². The van der Waals surface area contributed by atoms with Gasteiger partial charge in [0.2, 0.25) is 15.9 Å². The SMILES string of the molecule is CC(C)CN(C[C@@H](O)[C@H](Cc1ccccc1)NC(=O)[C@H](C(C)C)N1CC(=O)N(Cc2csc(CN(C)C)n2)C1=O)S(=O)(=O)c1ccc(C=NO)cc1. The number of amides is 4.